The van der Waals surface area contributed by atoms with E-state index in [9.17, 15) is 30.3 Å². The Balaban J connectivity index is 0.661. The number of esters is 1. The third-order valence-corrected chi connectivity index (χ3v) is 20.3. The van der Waals surface area contributed by atoms with Crippen molar-refractivity contribution >= 4 is 5.97 Å². The summed E-state index contributed by atoms with van der Waals surface area (Å²) >= 11 is 0. The Morgan fingerprint density at radius 1 is 0.671 bits per heavy atom. The topological polar surface area (TPSA) is 275 Å². The van der Waals surface area contributed by atoms with Gasteiger partial charge < -0.3 is 106 Å². The fourth-order valence-corrected chi connectivity index (χ4v) is 16.4. The monoisotopic (exact) mass is 1130 g/mol. The minimum absolute atomic E-state index is 0.0248. The quantitative estimate of drug-likeness (QED) is 0.110. The zero-order chi connectivity index (χ0) is 56.1. The highest BCUT2D eigenvalue weighted by Crippen LogP contribution is 2.76. The Kier molecular flexibility index (Phi) is 17.2. The van der Waals surface area contributed by atoms with Crippen molar-refractivity contribution in [2.24, 2.45) is 28.6 Å². The molecule has 2 bridgehead atoms. The molecular weight excluding hydrogens is 1040 g/mol. The van der Waals surface area contributed by atoms with Gasteiger partial charge >= 0.3 is 5.97 Å². The first-order chi connectivity index (χ1) is 37.7. The van der Waals surface area contributed by atoms with E-state index in [1.54, 1.807) is 28.1 Å². The number of hydrogen-bond donors (Lipinski definition) is 5. The molecule has 11 aliphatic rings. The second-order valence-electron chi connectivity index (χ2n) is 24.8. The van der Waals surface area contributed by atoms with Crippen LogP contribution in [0.2, 0.25) is 0 Å². The molecule has 450 valence electrons. The molecule has 2 saturated carbocycles. The molecule has 23 nitrogen and oxygen atoms in total. The molecule has 30 atom stereocenters. The number of methoxy groups -OCH3 is 3. The van der Waals surface area contributed by atoms with Crippen molar-refractivity contribution in [3.8, 4) is 0 Å². The molecule has 0 radical (unpaired) electrons. The molecule has 11 rings (SSSR count). The summed E-state index contributed by atoms with van der Waals surface area (Å²) in [6.07, 6.45) is -9.15. The highest BCUT2D eigenvalue weighted by atomic mass is 16.8. The van der Waals surface area contributed by atoms with Gasteiger partial charge in [-0.15, -0.1) is 0 Å². The number of aliphatic hydroxyl groups is 5. The van der Waals surface area contributed by atoms with E-state index in [0.717, 1.165) is 32.1 Å². The maximum atomic E-state index is 12.4. The highest BCUT2D eigenvalue weighted by Gasteiger charge is 2.83. The van der Waals surface area contributed by atoms with Gasteiger partial charge in [-0.05, 0) is 79.1 Å². The summed E-state index contributed by atoms with van der Waals surface area (Å²) in [5.74, 6) is -1.18. The van der Waals surface area contributed by atoms with Gasteiger partial charge in [-0.3, -0.25) is 4.79 Å². The molecule has 0 spiro atoms. The van der Waals surface area contributed by atoms with Crippen LogP contribution in [0.3, 0.4) is 0 Å². The van der Waals surface area contributed by atoms with E-state index in [1.807, 2.05) is 13.8 Å². The molecule has 10 fully saturated rings. The number of hydrogen-bond acceptors (Lipinski definition) is 23. The van der Waals surface area contributed by atoms with E-state index >= 15 is 0 Å². The minimum Gasteiger partial charge on any atom is -0.465 e. The van der Waals surface area contributed by atoms with E-state index in [-0.39, 0.29) is 65.7 Å². The zero-order valence-corrected chi connectivity index (χ0v) is 47.4. The Hall–Kier alpha value is -1.63. The van der Waals surface area contributed by atoms with Crippen LogP contribution in [0.5, 0.6) is 0 Å². The summed E-state index contributed by atoms with van der Waals surface area (Å²) in [5.41, 5.74) is 0.766. The number of carbonyl (C=O) groups is 1. The Labute approximate surface area is 462 Å². The van der Waals surface area contributed by atoms with E-state index in [0.29, 0.717) is 32.5 Å². The average molecular weight is 1130 g/mol. The van der Waals surface area contributed by atoms with Crippen molar-refractivity contribution < 1.29 is 111 Å². The Bertz CT molecular complexity index is 2140. The predicted octanol–water partition coefficient (Wildman–Crippen LogP) is 2.24. The maximum Gasteiger partial charge on any atom is 0.302 e. The third-order valence-electron chi connectivity index (χ3n) is 20.3. The molecule has 8 heterocycles. The van der Waals surface area contributed by atoms with Gasteiger partial charge in [-0.2, -0.15) is 0 Å². The summed E-state index contributed by atoms with van der Waals surface area (Å²) < 4.78 is 108. The summed E-state index contributed by atoms with van der Waals surface area (Å²) in [7, 11) is 4.77. The molecule has 0 aromatic rings. The summed E-state index contributed by atoms with van der Waals surface area (Å²) in [6.45, 7) is 13.5. The van der Waals surface area contributed by atoms with E-state index < -0.39 is 141 Å². The molecule has 0 amide bonds. The summed E-state index contributed by atoms with van der Waals surface area (Å²) in [6, 6.07) is 0. The lowest BCUT2D eigenvalue weighted by atomic mass is 9.47. The number of rotatable bonds is 16. The average Bonchev–Trinajstić information content (AvgIpc) is 4.14. The standard InChI is InChI=1S/C56H88O23/c1-25-47(74-42-21-37(65-10)50(28(4)71-42)77-52-46(62)45(61)44(60)38(22-57)73-52)34(59)18-40(68-25)75-48-27(3)70-43(20-36(48)64-9)76-49-26(2)69-41(19-35(49)63-8)72-31-13-16-55(24-66-29(5)58)30(17-31)11-12-33-32(55)14-15-53(6)51-39-23-67-54(51,7)79-56(33,53)78-39/h11,25-28,31-52,57,59-62H,12-24H2,1-10H3/t25?,26?,27?,28?,31-,32-,33+,34?,35?,36?,37?,38?,39+,40?,41?,42?,43?,44?,45?,46?,47?,48?,49?,50?,51-,52?,53+,54+,55+,56-/m0/s1. The van der Waals surface area contributed by atoms with Gasteiger partial charge in [-0.1, -0.05) is 18.6 Å². The fraction of sp³-hybridized carbons (Fsp3) is 0.946. The van der Waals surface area contributed by atoms with Gasteiger partial charge in [0.25, 0.3) is 0 Å². The van der Waals surface area contributed by atoms with Crippen molar-refractivity contribution in [1.29, 1.82) is 0 Å². The van der Waals surface area contributed by atoms with Gasteiger partial charge in [0.1, 0.15) is 55.4 Å². The van der Waals surface area contributed by atoms with Crippen molar-refractivity contribution in [2.45, 2.75) is 266 Å². The van der Waals surface area contributed by atoms with Crippen LogP contribution in [-0.2, 0) is 85.3 Å². The molecule has 21 unspecified atom stereocenters. The third kappa shape index (κ3) is 10.4. The van der Waals surface area contributed by atoms with E-state index in [2.05, 4.69) is 19.9 Å². The van der Waals surface area contributed by atoms with E-state index in [1.165, 1.54) is 19.6 Å². The number of allylic oxidation sites excluding steroid dienone is 1. The number of aliphatic hydroxyl groups excluding tert-OH is 5. The first kappa shape index (κ1) is 59.1. The molecule has 0 aromatic carbocycles. The van der Waals surface area contributed by atoms with Gasteiger partial charge in [0.05, 0.1) is 80.2 Å². The SMILES string of the molecule is COC1CC(OC2C(C)OC(O[C@H]3CC[C@@]4(COC(C)=O)C(=CC[C@@H]5[C@@H]4CC[C@]4(C)[C@@H]6[C@H]7CO[C@]6(C)O[C@@]54O7)C3)CC2OC)OC(C)C1OC1CC(O)C(OC2CC(OC)C(OC3OC(CO)C(O)C(O)C3O)C(C)O2)C(C)O1. The molecule has 3 aliphatic carbocycles. The van der Waals surface area contributed by atoms with Crippen molar-refractivity contribution in [1.82, 2.24) is 0 Å². The van der Waals surface area contributed by atoms with Crippen LogP contribution in [-0.4, -0.2) is 226 Å². The van der Waals surface area contributed by atoms with Crippen LogP contribution in [0, 0.1) is 28.6 Å². The second-order valence-corrected chi connectivity index (χ2v) is 24.8. The number of carbonyl (C=O) groups excluding carboxylic acids is 1. The lowest BCUT2D eigenvalue weighted by Gasteiger charge is -2.60. The van der Waals surface area contributed by atoms with Crippen molar-refractivity contribution in [2.75, 3.05) is 41.2 Å². The van der Waals surface area contributed by atoms with Crippen LogP contribution in [0.4, 0.5) is 0 Å². The van der Waals surface area contributed by atoms with Crippen molar-refractivity contribution in [3.05, 3.63) is 11.6 Å². The number of ether oxygens (including phenoxy) is 17. The summed E-state index contributed by atoms with van der Waals surface area (Å²) in [4.78, 5) is 12.4. The van der Waals surface area contributed by atoms with E-state index in [4.69, 9.17) is 80.5 Å². The molecule has 5 N–H and O–H groups in total. The molecule has 8 aliphatic heterocycles. The molecule has 79 heavy (non-hydrogen) atoms. The minimum atomic E-state index is -1.61. The van der Waals surface area contributed by atoms with Crippen LogP contribution < -0.4 is 0 Å². The molecule has 23 heteroatoms. The lowest BCUT2D eigenvalue weighted by molar-refractivity contribution is -0.359. The second kappa shape index (κ2) is 23.0. The van der Waals surface area contributed by atoms with Gasteiger partial charge in [-0.25, -0.2) is 0 Å². The highest BCUT2D eigenvalue weighted by molar-refractivity contribution is 5.66. The van der Waals surface area contributed by atoms with Gasteiger partial charge in [0.2, 0.25) is 0 Å². The maximum absolute atomic E-state index is 12.4. The van der Waals surface area contributed by atoms with Gasteiger partial charge in [0.15, 0.2) is 43.0 Å². The largest absolute Gasteiger partial charge is 0.465 e. The summed E-state index contributed by atoms with van der Waals surface area (Å²) in [5, 5.41) is 52.2. The van der Waals surface area contributed by atoms with Crippen LogP contribution in [0.25, 0.3) is 0 Å². The van der Waals surface area contributed by atoms with Crippen LogP contribution in [0.15, 0.2) is 11.6 Å². The number of fused-ring (bicyclic) bond motifs is 3. The first-order valence-electron chi connectivity index (χ1n) is 29.0. The molecule has 0 aromatic heterocycles. The first-order valence-corrected chi connectivity index (χ1v) is 29.0. The predicted molar refractivity (Wildman–Crippen MR) is 269 cm³/mol. The van der Waals surface area contributed by atoms with Crippen molar-refractivity contribution in [3.63, 3.8) is 0 Å². The van der Waals surface area contributed by atoms with Crippen LogP contribution in [0.1, 0.15) is 113 Å². The molecule has 8 saturated heterocycles. The Morgan fingerprint density at radius 2 is 1.23 bits per heavy atom. The lowest BCUT2D eigenvalue weighted by Crippen LogP contribution is -2.62. The molecular formula is C56H88O23. The fourth-order valence-electron chi connectivity index (χ4n) is 16.4. The normalized spacial score (nSPS) is 54.1. The smallest absolute Gasteiger partial charge is 0.302 e. The van der Waals surface area contributed by atoms with Crippen LogP contribution >= 0.6 is 0 Å². The zero-order valence-electron chi connectivity index (χ0n) is 47.4. The van der Waals surface area contributed by atoms with Gasteiger partial charge in [0, 0.05) is 70.7 Å². The Morgan fingerprint density at radius 3 is 1.78 bits per heavy atom.